The second-order valence-electron chi connectivity index (χ2n) is 12.8. The van der Waals surface area contributed by atoms with Crippen LogP contribution in [0.3, 0.4) is 0 Å². The van der Waals surface area contributed by atoms with Crippen LogP contribution in [0.15, 0.2) is 162 Å². The molecule has 0 saturated carbocycles. The number of nitrogens with zero attached hydrogens (tertiary/aromatic N) is 4. The Bertz CT molecular complexity index is 3030. The summed E-state index contributed by atoms with van der Waals surface area (Å²) in [5.74, 6) is 1.96. The molecule has 11 rings (SSSR count). The number of rotatable bonds is 4. The summed E-state index contributed by atoms with van der Waals surface area (Å²) in [7, 11) is 0. The summed E-state index contributed by atoms with van der Waals surface area (Å²) < 4.78 is 11.3. The minimum absolute atomic E-state index is 0.652. The van der Waals surface area contributed by atoms with Gasteiger partial charge in [-0.15, -0.1) is 11.3 Å². The summed E-state index contributed by atoms with van der Waals surface area (Å²) in [6, 6.07) is 54.8. The van der Waals surface area contributed by atoms with Crippen LogP contribution in [-0.2, 0) is 0 Å². The van der Waals surface area contributed by atoms with Crippen LogP contribution < -0.4 is 0 Å². The van der Waals surface area contributed by atoms with Crippen molar-refractivity contribution in [2.75, 3.05) is 0 Å². The Morgan fingerprint density at radius 2 is 1.04 bits per heavy atom. The van der Waals surface area contributed by atoms with E-state index >= 15 is 0 Å². The molecule has 7 aromatic carbocycles. The Morgan fingerprint density at radius 1 is 0.451 bits per heavy atom. The van der Waals surface area contributed by atoms with E-state index in [1.165, 1.54) is 32.6 Å². The highest BCUT2D eigenvalue weighted by Gasteiger charge is 2.21. The Kier molecular flexibility index (Phi) is 6.05. The first kappa shape index (κ1) is 28.2. The number of benzene rings is 7. The Balaban J connectivity index is 1.15. The molecule has 0 fully saturated rings. The molecule has 5 nitrogen and oxygen atoms in total. The van der Waals surface area contributed by atoms with E-state index in [1.54, 1.807) is 11.3 Å². The van der Waals surface area contributed by atoms with E-state index in [0.29, 0.717) is 17.5 Å². The normalized spacial score (nSPS) is 11.9. The molecule has 0 aliphatic carbocycles. The van der Waals surface area contributed by atoms with Gasteiger partial charge in [0, 0.05) is 53.0 Å². The van der Waals surface area contributed by atoms with Crippen LogP contribution in [-0.4, -0.2) is 19.5 Å². The molecular formula is C45H26N4OS. The van der Waals surface area contributed by atoms with E-state index in [4.69, 9.17) is 19.4 Å². The van der Waals surface area contributed by atoms with Crippen LogP contribution >= 0.6 is 11.3 Å². The van der Waals surface area contributed by atoms with Gasteiger partial charge in [0.2, 0.25) is 0 Å². The lowest BCUT2D eigenvalue weighted by atomic mass is 10.0. The molecule has 0 spiro atoms. The molecular weight excluding hydrogens is 645 g/mol. The number of thiophene rings is 1. The van der Waals surface area contributed by atoms with Gasteiger partial charge >= 0.3 is 0 Å². The Morgan fingerprint density at radius 3 is 1.73 bits per heavy atom. The van der Waals surface area contributed by atoms with Gasteiger partial charge in [-0.3, -0.25) is 0 Å². The van der Waals surface area contributed by atoms with Gasteiger partial charge in [0.25, 0.3) is 0 Å². The quantitative estimate of drug-likeness (QED) is 0.187. The summed E-state index contributed by atoms with van der Waals surface area (Å²) in [4.78, 5) is 15.0. The van der Waals surface area contributed by atoms with Crippen LogP contribution in [0.2, 0.25) is 0 Å². The lowest BCUT2D eigenvalue weighted by molar-refractivity contribution is 0.669. The summed E-state index contributed by atoms with van der Waals surface area (Å²) in [6.45, 7) is 0. The molecule has 6 heteroatoms. The number of furan rings is 1. The van der Waals surface area contributed by atoms with Crippen molar-refractivity contribution in [3.05, 3.63) is 158 Å². The first-order valence-electron chi connectivity index (χ1n) is 16.9. The highest BCUT2D eigenvalue weighted by atomic mass is 32.1. The molecule has 0 radical (unpaired) electrons. The molecule has 0 saturated heterocycles. The highest BCUT2D eigenvalue weighted by molar-refractivity contribution is 7.26. The molecule has 0 unspecified atom stereocenters. The SMILES string of the molecule is c1ccc(-c2nc(-c3ccccc3)nc(-c3cccc4c3sc3cc5oc6cccc(-n7c8ccccc8c8ccccc87)c6c5cc34)n2)cc1. The van der Waals surface area contributed by atoms with Gasteiger partial charge in [0.05, 0.1) is 22.1 Å². The zero-order valence-electron chi connectivity index (χ0n) is 27.1. The minimum atomic E-state index is 0.652. The van der Waals surface area contributed by atoms with Crippen molar-refractivity contribution in [1.82, 2.24) is 19.5 Å². The molecule has 0 aliphatic heterocycles. The van der Waals surface area contributed by atoms with Crippen LogP contribution in [0.5, 0.6) is 0 Å². The molecule has 0 N–H and O–H groups in total. The summed E-state index contributed by atoms with van der Waals surface area (Å²) in [5.41, 5.74) is 8.09. The van der Waals surface area contributed by atoms with Crippen LogP contribution in [0.1, 0.15) is 0 Å². The molecule has 4 aromatic heterocycles. The van der Waals surface area contributed by atoms with E-state index in [9.17, 15) is 0 Å². The topological polar surface area (TPSA) is 56.7 Å². The van der Waals surface area contributed by atoms with Crippen LogP contribution in [0.4, 0.5) is 0 Å². The average molecular weight is 671 g/mol. The number of hydrogen-bond donors (Lipinski definition) is 0. The van der Waals surface area contributed by atoms with Gasteiger partial charge in [0.15, 0.2) is 17.5 Å². The monoisotopic (exact) mass is 670 g/mol. The van der Waals surface area contributed by atoms with Gasteiger partial charge in [-0.25, -0.2) is 15.0 Å². The first-order valence-corrected chi connectivity index (χ1v) is 17.8. The highest BCUT2D eigenvalue weighted by Crippen LogP contribution is 2.44. The summed E-state index contributed by atoms with van der Waals surface area (Å²) in [6.07, 6.45) is 0. The Labute approximate surface area is 295 Å². The van der Waals surface area contributed by atoms with Gasteiger partial charge in [-0.2, -0.15) is 0 Å². The van der Waals surface area contributed by atoms with E-state index in [0.717, 1.165) is 53.7 Å². The summed E-state index contributed by atoms with van der Waals surface area (Å²) in [5, 5.41) is 7.03. The fraction of sp³-hybridized carbons (Fsp3) is 0. The second-order valence-corrected chi connectivity index (χ2v) is 13.8. The van der Waals surface area contributed by atoms with Crippen molar-refractivity contribution >= 4 is 75.3 Å². The van der Waals surface area contributed by atoms with Crippen molar-refractivity contribution < 1.29 is 4.42 Å². The molecule has 4 heterocycles. The zero-order chi connectivity index (χ0) is 33.5. The number of para-hydroxylation sites is 2. The third-order valence-electron chi connectivity index (χ3n) is 9.85. The minimum Gasteiger partial charge on any atom is -0.456 e. The molecule has 238 valence electrons. The predicted molar refractivity (Wildman–Crippen MR) is 211 cm³/mol. The second kappa shape index (κ2) is 10.9. The van der Waals surface area contributed by atoms with E-state index in [1.807, 2.05) is 60.7 Å². The molecule has 0 amide bonds. The maximum Gasteiger partial charge on any atom is 0.165 e. The van der Waals surface area contributed by atoms with E-state index in [-0.39, 0.29) is 0 Å². The zero-order valence-corrected chi connectivity index (χ0v) is 27.9. The van der Waals surface area contributed by atoms with Crippen molar-refractivity contribution in [2.24, 2.45) is 0 Å². The lowest BCUT2D eigenvalue weighted by Crippen LogP contribution is -2.00. The summed E-state index contributed by atoms with van der Waals surface area (Å²) >= 11 is 1.75. The third-order valence-corrected chi connectivity index (χ3v) is 11.1. The van der Waals surface area contributed by atoms with E-state index in [2.05, 4.69) is 102 Å². The first-order chi connectivity index (χ1) is 25.3. The maximum atomic E-state index is 6.62. The smallest absolute Gasteiger partial charge is 0.165 e. The molecule has 0 bridgehead atoms. The van der Waals surface area contributed by atoms with Crippen molar-refractivity contribution in [3.8, 4) is 39.9 Å². The number of hydrogen-bond acceptors (Lipinski definition) is 5. The Hall–Kier alpha value is -6.63. The fourth-order valence-corrected chi connectivity index (χ4v) is 8.79. The number of fused-ring (bicyclic) bond motifs is 9. The molecule has 0 aliphatic rings. The number of aromatic nitrogens is 4. The van der Waals surface area contributed by atoms with Gasteiger partial charge in [-0.05, 0) is 42.5 Å². The molecule has 11 aromatic rings. The maximum absolute atomic E-state index is 6.62. The predicted octanol–water partition coefficient (Wildman–Crippen LogP) is 12.2. The van der Waals surface area contributed by atoms with Gasteiger partial charge < -0.3 is 8.98 Å². The van der Waals surface area contributed by atoms with Crippen LogP contribution in [0.25, 0.3) is 104 Å². The van der Waals surface area contributed by atoms with Crippen molar-refractivity contribution in [3.63, 3.8) is 0 Å². The standard InChI is InChI=1S/C45H26N4OS/c1-3-13-27(14-4-1)43-46-44(28-15-5-2-6-16-28)48-45(47-43)32-20-11-19-31-33-25-34-39(26-40(33)51-42(31)32)50-38-24-12-23-37(41(34)38)49-35-21-9-7-17-29(35)30-18-8-10-22-36(30)49/h1-26H. The molecule has 0 atom stereocenters. The van der Waals surface area contributed by atoms with Gasteiger partial charge in [-0.1, -0.05) is 115 Å². The van der Waals surface area contributed by atoms with Crippen molar-refractivity contribution in [2.45, 2.75) is 0 Å². The fourth-order valence-electron chi connectivity index (χ4n) is 7.57. The average Bonchev–Trinajstić information content (AvgIpc) is 3.86. The van der Waals surface area contributed by atoms with E-state index < -0.39 is 0 Å². The largest absolute Gasteiger partial charge is 0.456 e. The van der Waals surface area contributed by atoms with Crippen LogP contribution in [0, 0.1) is 0 Å². The molecule has 51 heavy (non-hydrogen) atoms. The van der Waals surface area contributed by atoms with Gasteiger partial charge in [0.1, 0.15) is 11.2 Å². The third kappa shape index (κ3) is 4.30. The van der Waals surface area contributed by atoms with Crippen molar-refractivity contribution in [1.29, 1.82) is 0 Å². The lowest BCUT2D eigenvalue weighted by Gasteiger charge is -2.09.